The normalized spacial score (nSPS) is 19.6. The van der Waals surface area contributed by atoms with Crippen LogP contribution < -0.4 is 5.32 Å². The number of nitrogens with one attached hydrogen (secondary N) is 1. The predicted octanol–water partition coefficient (Wildman–Crippen LogP) is -0.657. The van der Waals surface area contributed by atoms with Crippen molar-refractivity contribution >= 4 is 11.9 Å². The lowest BCUT2D eigenvalue weighted by molar-refractivity contribution is -0.119. The molecule has 16 heavy (non-hydrogen) atoms. The van der Waals surface area contributed by atoms with E-state index < -0.39 is 5.97 Å². The number of nitrogens with zero attached hydrogens (tertiary/aromatic N) is 3. The minimum absolute atomic E-state index is 0.0540. The van der Waals surface area contributed by atoms with Gasteiger partial charge in [0, 0.05) is 12.5 Å². The largest absolute Gasteiger partial charge is 0.464 e. The third-order valence-electron chi connectivity index (χ3n) is 2.43. The number of esters is 1. The number of carbonyl (C=O) groups excluding carboxylic acids is 2. The lowest BCUT2D eigenvalue weighted by Gasteiger charge is -2.08. The number of carbonyl (C=O) groups is 2. The maximum Gasteiger partial charge on any atom is 0.360 e. The highest BCUT2D eigenvalue weighted by Crippen LogP contribution is 2.08. The van der Waals surface area contributed by atoms with Gasteiger partial charge in [-0.2, -0.15) is 0 Å². The van der Waals surface area contributed by atoms with Crippen LogP contribution in [-0.2, 0) is 16.1 Å². The summed E-state index contributed by atoms with van der Waals surface area (Å²) in [5.74, 6) is -0.458. The minimum atomic E-state index is -0.512. The van der Waals surface area contributed by atoms with Crippen LogP contribution in [0.1, 0.15) is 23.3 Å². The van der Waals surface area contributed by atoms with Crippen LogP contribution in [0.4, 0.5) is 0 Å². The molecule has 1 N–H and O–H groups in total. The van der Waals surface area contributed by atoms with E-state index in [2.05, 4.69) is 20.4 Å². The van der Waals surface area contributed by atoms with Crippen molar-refractivity contribution in [2.45, 2.75) is 25.4 Å². The maximum absolute atomic E-state index is 11.1. The van der Waals surface area contributed by atoms with Crippen LogP contribution >= 0.6 is 0 Å². The van der Waals surface area contributed by atoms with Crippen LogP contribution in [0, 0.1) is 0 Å². The fraction of sp³-hybridized carbons (Fsp3) is 0.556. The van der Waals surface area contributed by atoms with Crippen LogP contribution in [0.25, 0.3) is 0 Å². The Balaban J connectivity index is 1.97. The summed E-state index contributed by atoms with van der Waals surface area (Å²) in [5.41, 5.74) is 0.173. The second-order valence-electron chi connectivity index (χ2n) is 3.62. The monoisotopic (exact) mass is 224 g/mol. The second-order valence-corrected chi connectivity index (χ2v) is 3.62. The Hall–Kier alpha value is -1.92. The van der Waals surface area contributed by atoms with Crippen molar-refractivity contribution in [2.75, 3.05) is 7.11 Å². The van der Waals surface area contributed by atoms with Crippen molar-refractivity contribution in [3.8, 4) is 0 Å². The first-order chi connectivity index (χ1) is 7.69. The van der Waals surface area contributed by atoms with Crippen molar-refractivity contribution < 1.29 is 14.3 Å². The average Bonchev–Trinajstić information content (AvgIpc) is 2.87. The maximum atomic E-state index is 11.1. The first kappa shape index (κ1) is 10.6. The summed E-state index contributed by atoms with van der Waals surface area (Å²) in [6.45, 7) is 0.524. The third-order valence-corrected chi connectivity index (χ3v) is 2.43. The summed E-state index contributed by atoms with van der Waals surface area (Å²) >= 11 is 0. The van der Waals surface area contributed by atoms with Gasteiger partial charge in [-0.1, -0.05) is 5.21 Å². The molecule has 86 valence electrons. The summed E-state index contributed by atoms with van der Waals surface area (Å²) in [4.78, 5) is 22.1. The van der Waals surface area contributed by atoms with Gasteiger partial charge < -0.3 is 10.1 Å². The lowest BCUT2D eigenvalue weighted by Crippen LogP contribution is -2.29. The van der Waals surface area contributed by atoms with E-state index in [0.717, 1.165) is 6.42 Å². The van der Waals surface area contributed by atoms with Gasteiger partial charge in [-0.15, -0.1) is 5.10 Å². The van der Waals surface area contributed by atoms with Crippen LogP contribution in [0.5, 0.6) is 0 Å². The van der Waals surface area contributed by atoms with E-state index >= 15 is 0 Å². The first-order valence-electron chi connectivity index (χ1n) is 4.97. The molecule has 0 spiro atoms. The van der Waals surface area contributed by atoms with Gasteiger partial charge in [0.05, 0.1) is 19.9 Å². The molecule has 1 fully saturated rings. The highest BCUT2D eigenvalue weighted by molar-refractivity contribution is 5.86. The third kappa shape index (κ3) is 2.18. The Bertz CT molecular complexity index is 415. The molecule has 1 aromatic rings. The molecule has 0 bridgehead atoms. The second kappa shape index (κ2) is 4.30. The van der Waals surface area contributed by atoms with Gasteiger partial charge in [-0.05, 0) is 6.42 Å². The van der Waals surface area contributed by atoms with Crippen LogP contribution in [-0.4, -0.2) is 40.0 Å². The molecule has 2 rings (SSSR count). The van der Waals surface area contributed by atoms with E-state index in [1.54, 1.807) is 0 Å². The zero-order valence-electron chi connectivity index (χ0n) is 8.84. The summed E-state index contributed by atoms with van der Waals surface area (Å²) in [6.07, 6.45) is 2.84. The Kier molecular flexibility index (Phi) is 2.84. The molecule has 0 saturated carbocycles. The van der Waals surface area contributed by atoms with E-state index in [1.165, 1.54) is 18.0 Å². The zero-order chi connectivity index (χ0) is 11.5. The topological polar surface area (TPSA) is 86.1 Å². The number of hydrogen-bond donors (Lipinski definition) is 1. The fourth-order valence-corrected chi connectivity index (χ4v) is 1.63. The molecule has 1 amide bonds. The molecule has 0 radical (unpaired) electrons. The summed E-state index contributed by atoms with van der Waals surface area (Å²) < 4.78 is 6.04. The number of rotatable bonds is 3. The molecule has 7 nitrogen and oxygen atoms in total. The standard InChI is InChI=1S/C9H12N4O3/c1-16-9(15)7-5-13(12-11-7)4-6-2-3-8(14)10-6/h5-6H,2-4H2,1H3,(H,10,14). The highest BCUT2D eigenvalue weighted by Gasteiger charge is 2.21. The quantitative estimate of drug-likeness (QED) is 0.689. The Labute approximate surface area is 91.8 Å². The molecule has 1 saturated heterocycles. The van der Waals surface area contributed by atoms with Crippen molar-refractivity contribution in [2.24, 2.45) is 0 Å². The van der Waals surface area contributed by atoms with E-state index in [0.29, 0.717) is 13.0 Å². The van der Waals surface area contributed by atoms with Crippen molar-refractivity contribution in [3.63, 3.8) is 0 Å². The fourth-order valence-electron chi connectivity index (χ4n) is 1.63. The molecular formula is C9H12N4O3. The van der Waals surface area contributed by atoms with E-state index in [4.69, 9.17) is 0 Å². The molecule has 2 heterocycles. The van der Waals surface area contributed by atoms with Gasteiger partial charge in [0.15, 0.2) is 5.69 Å². The van der Waals surface area contributed by atoms with Crippen molar-refractivity contribution in [1.29, 1.82) is 0 Å². The van der Waals surface area contributed by atoms with Gasteiger partial charge >= 0.3 is 5.97 Å². The van der Waals surface area contributed by atoms with Gasteiger partial charge in [0.2, 0.25) is 5.91 Å². The van der Waals surface area contributed by atoms with Crippen LogP contribution in [0.3, 0.4) is 0 Å². The lowest BCUT2D eigenvalue weighted by atomic mass is 10.2. The molecule has 1 aromatic heterocycles. The molecule has 0 aromatic carbocycles. The number of methoxy groups -OCH3 is 1. The Morgan fingerprint density at radius 3 is 3.19 bits per heavy atom. The molecule has 1 atom stereocenters. The van der Waals surface area contributed by atoms with E-state index in [1.807, 2.05) is 0 Å². The average molecular weight is 224 g/mol. The summed E-state index contributed by atoms with van der Waals surface area (Å²) in [5, 5.41) is 10.3. The predicted molar refractivity (Wildman–Crippen MR) is 52.5 cm³/mol. The molecule has 1 unspecified atom stereocenters. The van der Waals surface area contributed by atoms with E-state index in [-0.39, 0.29) is 17.6 Å². The first-order valence-corrected chi connectivity index (χ1v) is 4.97. The highest BCUT2D eigenvalue weighted by atomic mass is 16.5. The SMILES string of the molecule is COC(=O)c1cn(CC2CCC(=O)N2)nn1. The molecular weight excluding hydrogens is 212 g/mol. The van der Waals surface area contributed by atoms with Crippen LogP contribution in [0.15, 0.2) is 6.20 Å². The van der Waals surface area contributed by atoms with Gasteiger partial charge in [0.1, 0.15) is 0 Å². The smallest absolute Gasteiger partial charge is 0.360 e. The number of ether oxygens (including phenoxy) is 1. The molecule has 0 aliphatic carbocycles. The Morgan fingerprint density at radius 1 is 1.75 bits per heavy atom. The number of hydrogen-bond acceptors (Lipinski definition) is 5. The van der Waals surface area contributed by atoms with Gasteiger partial charge in [-0.25, -0.2) is 9.48 Å². The molecule has 1 aliphatic rings. The number of amides is 1. The Morgan fingerprint density at radius 2 is 2.56 bits per heavy atom. The number of aromatic nitrogens is 3. The zero-order valence-corrected chi connectivity index (χ0v) is 8.84. The molecule has 7 heteroatoms. The van der Waals surface area contributed by atoms with Crippen LogP contribution in [0.2, 0.25) is 0 Å². The summed E-state index contributed by atoms with van der Waals surface area (Å²) in [7, 11) is 1.29. The molecule has 1 aliphatic heterocycles. The van der Waals surface area contributed by atoms with Crippen molar-refractivity contribution in [3.05, 3.63) is 11.9 Å². The van der Waals surface area contributed by atoms with Crippen molar-refractivity contribution in [1.82, 2.24) is 20.3 Å². The summed E-state index contributed by atoms with van der Waals surface area (Å²) in [6, 6.07) is 0.0692. The van der Waals surface area contributed by atoms with Gasteiger partial charge in [-0.3, -0.25) is 4.79 Å². The van der Waals surface area contributed by atoms with E-state index in [9.17, 15) is 9.59 Å². The minimum Gasteiger partial charge on any atom is -0.464 e. The van der Waals surface area contributed by atoms with Gasteiger partial charge in [0.25, 0.3) is 0 Å².